The number of halogens is 3. The zero-order chi connectivity index (χ0) is 30.4. The fourth-order valence-corrected chi connectivity index (χ4v) is 5.36. The molecule has 43 heavy (non-hydrogen) atoms. The number of pyridine rings is 2. The average molecular weight is 597 g/mol. The summed E-state index contributed by atoms with van der Waals surface area (Å²) in [6.07, 6.45) is 4.58. The van der Waals surface area contributed by atoms with Gasteiger partial charge in [0, 0.05) is 30.9 Å². The van der Waals surface area contributed by atoms with Crippen LogP contribution in [0.25, 0.3) is 0 Å². The molecule has 1 aromatic carbocycles. The molecule has 0 spiro atoms. The molecule has 0 radical (unpaired) electrons. The Balaban J connectivity index is 1.26. The van der Waals surface area contributed by atoms with Gasteiger partial charge in [0.05, 0.1) is 53.8 Å². The number of nitrogens with zero attached hydrogens (tertiary/aromatic N) is 3. The normalized spacial score (nSPS) is 16.0. The highest BCUT2D eigenvalue weighted by atomic mass is 19.4. The fraction of sp³-hybridized carbons (Fsp3) is 0.419. The van der Waals surface area contributed by atoms with Gasteiger partial charge in [-0.3, -0.25) is 14.6 Å². The highest BCUT2D eigenvalue weighted by Crippen LogP contribution is 2.33. The number of alkyl halides is 3. The molecule has 0 atom stereocenters. The molecular formula is C31H35F3N6O3. The maximum atomic E-state index is 13.7. The minimum Gasteiger partial charge on any atom is -0.378 e. The van der Waals surface area contributed by atoms with E-state index < -0.39 is 23.6 Å². The Bertz CT molecular complexity index is 1440. The van der Waals surface area contributed by atoms with Gasteiger partial charge in [0.15, 0.2) is 0 Å². The topological polar surface area (TPSA) is 108 Å². The third-order valence-electron chi connectivity index (χ3n) is 7.79. The smallest absolute Gasteiger partial charge is 0.378 e. The van der Waals surface area contributed by atoms with Gasteiger partial charge in [-0.15, -0.1) is 0 Å². The van der Waals surface area contributed by atoms with Gasteiger partial charge in [-0.1, -0.05) is 19.3 Å². The minimum absolute atomic E-state index is 0.161. The number of amides is 2. The lowest BCUT2D eigenvalue weighted by atomic mass is 9.89. The Morgan fingerprint density at radius 2 is 1.65 bits per heavy atom. The first-order valence-electron chi connectivity index (χ1n) is 14.5. The molecule has 3 heterocycles. The predicted molar refractivity (Wildman–Crippen MR) is 159 cm³/mol. The van der Waals surface area contributed by atoms with Crippen LogP contribution in [0.1, 0.15) is 64.1 Å². The summed E-state index contributed by atoms with van der Waals surface area (Å²) in [7, 11) is 0. The van der Waals surface area contributed by atoms with E-state index in [1.807, 2.05) is 0 Å². The quantitative estimate of drug-likeness (QED) is 0.287. The van der Waals surface area contributed by atoms with Crippen molar-refractivity contribution in [2.75, 3.05) is 53.7 Å². The SMILES string of the molecule is Cc1ncc(NC(=O)c2cc(N3CCOCC3)cc(C(F)(F)F)c2)cc1C(=O)Nc1ccc(NCC2CCCCC2)nc1. The van der Waals surface area contributed by atoms with Crippen LogP contribution < -0.4 is 20.9 Å². The molecule has 3 N–H and O–H groups in total. The number of aryl methyl sites for hydroxylation is 1. The number of rotatable bonds is 8. The van der Waals surface area contributed by atoms with Crippen LogP contribution in [0.5, 0.6) is 0 Å². The second-order valence-electron chi connectivity index (χ2n) is 10.9. The Morgan fingerprint density at radius 3 is 2.35 bits per heavy atom. The predicted octanol–water partition coefficient (Wildman–Crippen LogP) is 6.14. The number of aromatic nitrogens is 2. The Kier molecular flexibility index (Phi) is 9.44. The number of hydrogen-bond donors (Lipinski definition) is 3. The third-order valence-corrected chi connectivity index (χ3v) is 7.79. The van der Waals surface area contributed by atoms with Crippen molar-refractivity contribution >= 4 is 34.7 Å². The molecule has 228 valence electrons. The second kappa shape index (κ2) is 13.4. The van der Waals surface area contributed by atoms with Gasteiger partial charge < -0.3 is 25.6 Å². The van der Waals surface area contributed by atoms with E-state index in [4.69, 9.17) is 4.74 Å². The molecule has 1 saturated carbocycles. The van der Waals surface area contributed by atoms with Gasteiger partial charge >= 0.3 is 6.18 Å². The summed E-state index contributed by atoms with van der Waals surface area (Å²) >= 11 is 0. The van der Waals surface area contributed by atoms with Gasteiger partial charge in [0.2, 0.25) is 0 Å². The van der Waals surface area contributed by atoms with Gasteiger partial charge in [-0.2, -0.15) is 13.2 Å². The summed E-state index contributed by atoms with van der Waals surface area (Å²) in [6, 6.07) is 8.27. The van der Waals surface area contributed by atoms with Crippen molar-refractivity contribution in [2.24, 2.45) is 5.92 Å². The van der Waals surface area contributed by atoms with E-state index in [0.717, 1.165) is 24.5 Å². The van der Waals surface area contributed by atoms with E-state index in [1.165, 1.54) is 50.4 Å². The number of hydrogen-bond acceptors (Lipinski definition) is 7. The largest absolute Gasteiger partial charge is 0.416 e. The van der Waals surface area contributed by atoms with Gasteiger partial charge in [-0.25, -0.2) is 4.98 Å². The average Bonchev–Trinajstić information content (AvgIpc) is 3.02. The van der Waals surface area contributed by atoms with Crippen molar-refractivity contribution in [3.8, 4) is 0 Å². The summed E-state index contributed by atoms with van der Waals surface area (Å²) in [5.74, 6) is 0.175. The molecule has 0 bridgehead atoms. The molecule has 2 amide bonds. The first-order valence-corrected chi connectivity index (χ1v) is 14.5. The zero-order valence-electron chi connectivity index (χ0n) is 24.0. The number of morpholine rings is 1. The number of carbonyl (C=O) groups is 2. The maximum absolute atomic E-state index is 13.7. The first kappa shape index (κ1) is 30.3. The van der Waals surface area contributed by atoms with Crippen LogP contribution in [0.3, 0.4) is 0 Å². The molecule has 1 saturated heterocycles. The van der Waals surface area contributed by atoms with E-state index in [9.17, 15) is 22.8 Å². The van der Waals surface area contributed by atoms with Gasteiger partial charge in [0.1, 0.15) is 5.82 Å². The first-order chi connectivity index (χ1) is 20.7. The zero-order valence-corrected chi connectivity index (χ0v) is 24.0. The third kappa shape index (κ3) is 8.01. The Labute approximate surface area is 248 Å². The molecule has 5 rings (SSSR count). The van der Waals surface area contributed by atoms with E-state index >= 15 is 0 Å². The summed E-state index contributed by atoms with van der Waals surface area (Å²) < 4.78 is 46.3. The summed E-state index contributed by atoms with van der Waals surface area (Å²) in [6.45, 7) is 4.12. The van der Waals surface area contributed by atoms with Crippen LogP contribution in [0.4, 0.5) is 36.1 Å². The van der Waals surface area contributed by atoms with Crippen LogP contribution in [0.2, 0.25) is 0 Å². The fourth-order valence-electron chi connectivity index (χ4n) is 5.36. The van der Waals surface area contributed by atoms with Crippen LogP contribution in [-0.2, 0) is 10.9 Å². The number of nitrogens with one attached hydrogen (secondary N) is 3. The molecule has 1 aliphatic carbocycles. The highest BCUT2D eigenvalue weighted by Gasteiger charge is 2.32. The number of ether oxygens (including phenoxy) is 1. The van der Waals surface area contributed by atoms with Crippen LogP contribution >= 0.6 is 0 Å². The number of carbonyl (C=O) groups excluding carboxylic acids is 2. The monoisotopic (exact) mass is 596 g/mol. The van der Waals surface area contributed by atoms with Crippen molar-refractivity contribution in [3.63, 3.8) is 0 Å². The lowest BCUT2D eigenvalue weighted by Crippen LogP contribution is -2.36. The van der Waals surface area contributed by atoms with Crippen molar-refractivity contribution in [2.45, 2.75) is 45.2 Å². The van der Waals surface area contributed by atoms with Gasteiger partial charge in [-0.05, 0) is 62.1 Å². The molecule has 3 aromatic rings. The van der Waals surface area contributed by atoms with E-state index in [-0.39, 0.29) is 22.5 Å². The van der Waals surface area contributed by atoms with Crippen LogP contribution in [0, 0.1) is 12.8 Å². The molecule has 2 fully saturated rings. The van der Waals surface area contributed by atoms with Crippen LogP contribution in [0.15, 0.2) is 48.8 Å². The molecule has 12 heteroatoms. The Hall–Kier alpha value is -4.19. The molecule has 9 nitrogen and oxygen atoms in total. The lowest BCUT2D eigenvalue weighted by molar-refractivity contribution is -0.137. The standard InChI is InChI=1S/C31H35F3N6O3/c1-20-27(30(42)38-24-7-8-28(37-18-24)36-17-21-5-3-2-4-6-21)16-25(19-35-20)39-29(41)22-13-23(31(32,33)34)15-26(14-22)40-9-11-43-12-10-40/h7-8,13-16,18-19,21H,2-6,9-12,17H2,1H3,(H,36,37)(H,38,42)(H,39,41). The maximum Gasteiger partial charge on any atom is 0.416 e. The highest BCUT2D eigenvalue weighted by molar-refractivity contribution is 6.08. The molecule has 0 unspecified atom stereocenters. The molecule has 1 aliphatic heterocycles. The van der Waals surface area contributed by atoms with E-state index in [1.54, 1.807) is 30.2 Å². The van der Waals surface area contributed by atoms with Crippen molar-refractivity contribution in [3.05, 3.63) is 71.2 Å². The lowest BCUT2D eigenvalue weighted by Gasteiger charge is -2.29. The van der Waals surface area contributed by atoms with Crippen LogP contribution in [-0.4, -0.2) is 54.6 Å². The molecule has 2 aromatic heterocycles. The van der Waals surface area contributed by atoms with Gasteiger partial charge in [0.25, 0.3) is 11.8 Å². The molecule has 2 aliphatic rings. The Morgan fingerprint density at radius 1 is 0.930 bits per heavy atom. The van der Waals surface area contributed by atoms with Crippen molar-refractivity contribution in [1.29, 1.82) is 0 Å². The minimum atomic E-state index is -4.63. The van der Waals surface area contributed by atoms with Crippen molar-refractivity contribution in [1.82, 2.24) is 9.97 Å². The van der Waals surface area contributed by atoms with Crippen molar-refractivity contribution < 1.29 is 27.5 Å². The number of benzene rings is 1. The summed E-state index contributed by atoms with van der Waals surface area (Å²) in [5.41, 5.74) is 0.485. The molecular weight excluding hydrogens is 561 g/mol. The second-order valence-corrected chi connectivity index (χ2v) is 10.9. The summed E-state index contributed by atoms with van der Waals surface area (Å²) in [4.78, 5) is 36.6. The van der Waals surface area contributed by atoms with E-state index in [2.05, 4.69) is 25.9 Å². The van der Waals surface area contributed by atoms with E-state index in [0.29, 0.717) is 43.6 Å². The summed E-state index contributed by atoms with van der Waals surface area (Å²) in [5, 5.41) is 8.74. The number of anilines is 4.